The van der Waals surface area contributed by atoms with E-state index in [1.165, 1.54) is 0 Å². The summed E-state index contributed by atoms with van der Waals surface area (Å²) in [5.41, 5.74) is 2.62. The number of aldehydes is 2. The average molecular weight is 453 g/mol. The summed E-state index contributed by atoms with van der Waals surface area (Å²) in [5, 5.41) is 0. The first kappa shape index (κ1) is 18.6. The van der Waals surface area contributed by atoms with E-state index in [1.54, 1.807) is 48.5 Å². The van der Waals surface area contributed by atoms with Crippen molar-refractivity contribution >= 4 is 12.6 Å². The molecule has 0 unspecified atom stereocenters. The summed E-state index contributed by atoms with van der Waals surface area (Å²) in [5.74, 6) is 4.42. The minimum Gasteiger partial charge on any atom is -0.366 e. The molecule has 0 spiro atoms. The van der Waals surface area contributed by atoms with Crippen LogP contribution in [-0.4, -0.2) is 12.6 Å². The molecule has 2 aromatic rings. The summed E-state index contributed by atoms with van der Waals surface area (Å²) in [6.45, 7) is 0. The maximum absolute atomic E-state index is 10.1. The first-order valence-corrected chi connectivity index (χ1v) is 5.69. The van der Waals surface area contributed by atoms with Crippen LogP contribution in [0.2, 0.25) is 0 Å². The van der Waals surface area contributed by atoms with Gasteiger partial charge in [-0.1, -0.05) is 24.3 Å². The second-order valence-corrected chi connectivity index (χ2v) is 3.73. The largest absolute Gasteiger partial charge is 2.00 e. The van der Waals surface area contributed by atoms with Gasteiger partial charge in [-0.05, 0) is 0 Å². The van der Waals surface area contributed by atoms with E-state index in [0.717, 1.165) is 12.6 Å². The van der Waals surface area contributed by atoms with E-state index >= 15 is 0 Å². The summed E-state index contributed by atoms with van der Waals surface area (Å²) in [4.78, 5) is 20.3. The van der Waals surface area contributed by atoms with Gasteiger partial charge < -0.3 is 12.8 Å². The van der Waals surface area contributed by atoms with Gasteiger partial charge in [0.2, 0.25) is 0 Å². The van der Waals surface area contributed by atoms with Crippen LogP contribution in [0.3, 0.4) is 0 Å². The first-order valence-electron chi connectivity index (χ1n) is 5.69. The molecule has 0 aliphatic heterocycles. The van der Waals surface area contributed by atoms with Gasteiger partial charge in [0.05, 0.1) is 0 Å². The SMILES string of the molecule is [C-]#Cc1ccc(C=O)cc1.[C-]#Cc1ccc(C=O)cc1.[Pt+2]. The summed E-state index contributed by atoms with van der Waals surface area (Å²) < 4.78 is 0. The Balaban J connectivity index is 0.000000364. The van der Waals surface area contributed by atoms with Crippen LogP contribution in [-0.2, 0) is 21.1 Å². The van der Waals surface area contributed by atoms with Crippen LogP contribution in [0.4, 0.5) is 0 Å². The molecule has 3 heteroatoms. The number of carbonyl (C=O) groups is 2. The molecule has 0 amide bonds. The van der Waals surface area contributed by atoms with Crippen molar-refractivity contribution in [3.63, 3.8) is 0 Å². The molecule has 0 saturated carbocycles. The van der Waals surface area contributed by atoms with Crippen LogP contribution < -0.4 is 0 Å². The predicted octanol–water partition coefficient (Wildman–Crippen LogP) is 2.87. The van der Waals surface area contributed by atoms with E-state index in [4.69, 9.17) is 12.8 Å². The number of hydrogen-bond donors (Lipinski definition) is 0. The van der Waals surface area contributed by atoms with Crippen LogP contribution in [0.5, 0.6) is 0 Å². The third-order valence-electron chi connectivity index (χ3n) is 2.38. The Kier molecular flexibility index (Phi) is 9.19. The van der Waals surface area contributed by atoms with Crippen LogP contribution in [0.1, 0.15) is 31.8 Å². The molecule has 0 fully saturated rings. The molecule has 0 heterocycles. The molecule has 0 radical (unpaired) electrons. The number of hydrogen-bond acceptors (Lipinski definition) is 2. The maximum atomic E-state index is 10.1. The van der Waals surface area contributed by atoms with Gasteiger partial charge in [0.15, 0.2) is 0 Å². The monoisotopic (exact) mass is 453 g/mol. The zero-order chi connectivity index (χ0) is 14.8. The van der Waals surface area contributed by atoms with Gasteiger partial charge in [0.1, 0.15) is 12.6 Å². The fourth-order valence-corrected chi connectivity index (χ4v) is 1.29. The molecule has 2 nitrogen and oxygen atoms in total. The van der Waals surface area contributed by atoms with Crippen LogP contribution in [0.25, 0.3) is 0 Å². The Morgan fingerprint density at radius 2 is 0.952 bits per heavy atom. The molecule has 0 aromatic heterocycles. The molecule has 2 aromatic carbocycles. The molecular weight excluding hydrogens is 443 g/mol. The van der Waals surface area contributed by atoms with E-state index in [2.05, 4.69) is 11.8 Å². The van der Waals surface area contributed by atoms with Crippen molar-refractivity contribution in [1.29, 1.82) is 0 Å². The Morgan fingerprint density at radius 3 is 1.14 bits per heavy atom. The van der Waals surface area contributed by atoms with E-state index in [9.17, 15) is 9.59 Å². The van der Waals surface area contributed by atoms with Crippen LogP contribution in [0, 0.1) is 24.7 Å². The van der Waals surface area contributed by atoms with Crippen LogP contribution >= 0.6 is 0 Å². The maximum Gasteiger partial charge on any atom is 2.00 e. The molecule has 2 rings (SSSR count). The van der Waals surface area contributed by atoms with Crippen molar-refractivity contribution in [3.05, 3.63) is 83.6 Å². The molecule has 0 aliphatic rings. The number of benzene rings is 2. The Labute approximate surface area is 138 Å². The van der Waals surface area contributed by atoms with Gasteiger partial charge in [-0.15, -0.1) is 35.4 Å². The second kappa shape index (κ2) is 10.4. The molecular formula is C18H10O2Pt. The number of carbonyl (C=O) groups excluding carboxylic acids is 2. The first-order chi connectivity index (χ1) is 9.73. The minimum absolute atomic E-state index is 0. The standard InChI is InChI=1S/2C9H5O.Pt/c2*1-2-8-3-5-9(7-10)6-4-8;/h2*3-7H;/q2*-1;+2. The third kappa shape index (κ3) is 6.53. The Hall–Kier alpha value is -2.41. The summed E-state index contributed by atoms with van der Waals surface area (Å²) in [6.07, 6.45) is 15.0. The van der Waals surface area contributed by atoms with Crippen molar-refractivity contribution in [3.8, 4) is 11.8 Å². The average Bonchev–Trinajstić information content (AvgIpc) is 2.55. The fraction of sp³-hybridized carbons (Fsp3) is 0. The van der Waals surface area contributed by atoms with Gasteiger partial charge in [-0.2, -0.15) is 0 Å². The zero-order valence-electron chi connectivity index (χ0n) is 10.9. The topological polar surface area (TPSA) is 34.1 Å². The summed E-state index contributed by atoms with van der Waals surface area (Å²) >= 11 is 0. The molecule has 0 saturated heterocycles. The normalized spacial score (nSPS) is 7.90. The predicted molar refractivity (Wildman–Crippen MR) is 76.1 cm³/mol. The van der Waals surface area contributed by atoms with Crippen molar-refractivity contribution in [2.45, 2.75) is 0 Å². The minimum atomic E-state index is 0. The Bertz CT molecular complexity index is 595. The Morgan fingerprint density at radius 1 is 0.667 bits per heavy atom. The van der Waals surface area contributed by atoms with Gasteiger partial charge in [-0.3, -0.25) is 21.4 Å². The van der Waals surface area contributed by atoms with Crippen molar-refractivity contribution < 1.29 is 30.7 Å². The van der Waals surface area contributed by atoms with Crippen LogP contribution in [0.15, 0.2) is 48.5 Å². The van der Waals surface area contributed by atoms with E-state index in [-0.39, 0.29) is 21.1 Å². The van der Waals surface area contributed by atoms with E-state index < -0.39 is 0 Å². The third-order valence-corrected chi connectivity index (χ3v) is 2.38. The van der Waals surface area contributed by atoms with E-state index in [1.807, 2.05) is 0 Å². The number of rotatable bonds is 2. The summed E-state index contributed by atoms with van der Waals surface area (Å²) in [6, 6.07) is 13.3. The molecule has 21 heavy (non-hydrogen) atoms. The van der Waals surface area contributed by atoms with E-state index in [0.29, 0.717) is 22.3 Å². The smallest absolute Gasteiger partial charge is 0.366 e. The second-order valence-electron chi connectivity index (χ2n) is 3.73. The van der Waals surface area contributed by atoms with Crippen molar-refractivity contribution in [1.82, 2.24) is 0 Å². The fourth-order valence-electron chi connectivity index (χ4n) is 1.29. The molecule has 0 bridgehead atoms. The van der Waals surface area contributed by atoms with Crippen molar-refractivity contribution in [2.24, 2.45) is 0 Å². The molecule has 104 valence electrons. The molecule has 0 N–H and O–H groups in total. The van der Waals surface area contributed by atoms with Crippen molar-refractivity contribution in [2.75, 3.05) is 0 Å². The zero-order valence-corrected chi connectivity index (χ0v) is 13.2. The molecule has 0 aliphatic carbocycles. The van der Waals surface area contributed by atoms with Gasteiger partial charge in [0, 0.05) is 11.1 Å². The van der Waals surface area contributed by atoms with Gasteiger partial charge >= 0.3 is 21.1 Å². The quantitative estimate of drug-likeness (QED) is 0.398. The van der Waals surface area contributed by atoms with Gasteiger partial charge in [0.25, 0.3) is 0 Å². The molecule has 0 atom stereocenters. The van der Waals surface area contributed by atoms with Gasteiger partial charge in [-0.25, -0.2) is 0 Å². The summed E-state index contributed by atoms with van der Waals surface area (Å²) in [7, 11) is 0.